The highest BCUT2D eigenvalue weighted by atomic mass is 35.5. The van der Waals surface area contributed by atoms with Gasteiger partial charge in [-0.15, -0.1) is 0 Å². The van der Waals surface area contributed by atoms with Gasteiger partial charge in [0.25, 0.3) is 0 Å². The number of aromatic nitrogens is 1. The van der Waals surface area contributed by atoms with Gasteiger partial charge in [0.15, 0.2) is 0 Å². The quantitative estimate of drug-likeness (QED) is 0.528. The molecule has 0 saturated carbocycles. The molecule has 4 N–H and O–H groups in total. The first-order valence-electron chi connectivity index (χ1n) is 10.3. The summed E-state index contributed by atoms with van der Waals surface area (Å²) in [4.78, 5) is 30.0. The molecule has 2 aromatic carbocycles. The number of benzene rings is 2. The van der Waals surface area contributed by atoms with E-state index in [1.165, 1.54) is 17.0 Å². The van der Waals surface area contributed by atoms with Crippen molar-refractivity contribution in [2.24, 2.45) is 5.73 Å². The Balaban J connectivity index is 1.43. The van der Waals surface area contributed by atoms with Gasteiger partial charge in [0.05, 0.1) is 17.6 Å². The first-order chi connectivity index (χ1) is 15.3. The standard InChI is InChI=1S/C23H23ClF2N4O2/c24-17-6-3-4-13(21(17)26)10-29-22(31)20-9-15(25)12-30(20)23(32)18(27)8-14-11-28-19-7-2-1-5-16(14)19/h1-7,11,15,18,20,28H,8-10,12,27H2,(H,29,31)/t15-,18+,20+/m1/s1. The van der Waals surface area contributed by atoms with Crippen molar-refractivity contribution >= 4 is 34.3 Å². The third-order valence-electron chi connectivity index (χ3n) is 5.75. The minimum absolute atomic E-state index is 0.0542. The van der Waals surface area contributed by atoms with Crippen molar-refractivity contribution in [1.29, 1.82) is 0 Å². The molecule has 0 unspecified atom stereocenters. The van der Waals surface area contributed by atoms with Crippen LogP contribution in [0.3, 0.4) is 0 Å². The summed E-state index contributed by atoms with van der Waals surface area (Å²) < 4.78 is 28.2. The van der Waals surface area contributed by atoms with Crippen LogP contribution >= 0.6 is 11.6 Å². The van der Waals surface area contributed by atoms with Crippen LogP contribution in [0.1, 0.15) is 17.5 Å². The third-order valence-corrected chi connectivity index (χ3v) is 6.04. The number of nitrogens with two attached hydrogens (primary N) is 1. The second-order valence-corrected chi connectivity index (χ2v) is 8.35. The molecule has 9 heteroatoms. The Morgan fingerprint density at radius 3 is 2.81 bits per heavy atom. The highest BCUT2D eigenvalue weighted by molar-refractivity contribution is 6.30. The number of nitrogens with one attached hydrogen (secondary N) is 2. The van der Waals surface area contributed by atoms with Gasteiger partial charge < -0.3 is 20.9 Å². The maximum Gasteiger partial charge on any atom is 0.243 e. The predicted octanol–water partition coefficient (Wildman–Crippen LogP) is 3.09. The molecule has 6 nitrogen and oxygen atoms in total. The average molecular weight is 461 g/mol. The zero-order valence-corrected chi connectivity index (χ0v) is 17.9. The van der Waals surface area contributed by atoms with Gasteiger partial charge in [-0.25, -0.2) is 8.78 Å². The Bertz CT molecular complexity index is 1150. The summed E-state index contributed by atoms with van der Waals surface area (Å²) in [6.45, 7) is -0.327. The summed E-state index contributed by atoms with van der Waals surface area (Å²) >= 11 is 5.76. The number of hydrogen-bond donors (Lipinski definition) is 3. The number of rotatable bonds is 6. The maximum atomic E-state index is 14.2. The second kappa shape index (κ2) is 9.26. The fraction of sp³-hybridized carbons (Fsp3) is 0.304. The molecule has 0 radical (unpaired) electrons. The normalized spacial score (nSPS) is 19.3. The number of carbonyl (C=O) groups is 2. The van der Waals surface area contributed by atoms with E-state index in [9.17, 15) is 18.4 Å². The van der Waals surface area contributed by atoms with Crippen molar-refractivity contribution in [3.8, 4) is 0 Å². The van der Waals surface area contributed by atoms with Crippen LogP contribution in [0.2, 0.25) is 5.02 Å². The Morgan fingerprint density at radius 2 is 2.00 bits per heavy atom. The summed E-state index contributed by atoms with van der Waals surface area (Å²) in [6, 6.07) is 10.2. The fourth-order valence-corrected chi connectivity index (χ4v) is 4.29. The first-order valence-corrected chi connectivity index (χ1v) is 10.7. The lowest BCUT2D eigenvalue weighted by Crippen LogP contribution is -2.51. The maximum absolute atomic E-state index is 14.2. The van der Waals surface area contributed by atoms with E-state index in [-0.39, 0.29) is 36.5 Å². The van der Waals surface area contributed by atoms with E-state index in [0.717, 1.165) is 16.5 Å². The summed E-state index contributed by atoms with van der Waals surface area (Å²) in [5.74, 6) is -1.68. The lowest BCUT2D eigenvalue weighted by molar-refractivity contribution is -0.139. The lowest BCUT2D eigenvalue weighted by Gasteiger charge is -2.26. The number of fused-ring (bicyclic) bond motifs is 1. The van der Waals surface area contributed by atoms with Crippen LogP contribution < -0.4 is 11.1 Å². The highest BCUT2D eigenvalue weighted by Crippen LogP contribution is 2.24. The third kappa shape index (κ3) is 4.47. The highest BCUT2D eigenvalue weighted by Gasteiger charge is 2.41. The van der Waals surface area contributed by atoms with E-state index < -0.39 is 35.9 Å². The molecule has 1 saturated heterocycles. The van der Waals surface area contributed by atoms with E-state index >= 15 is 0 Å². The molecule has 1 aliphatic rings. The van der Waals surface area contributed by atoms with Gasteiger partial charge in [0.2, 0.25) is 11.8 Å². The van der Waals surface area contributed by atoms with Gasteiger partial charge in [-0.1, -0.05) is 41.9 Å². The zero-order valence-electron chi connectivity index (χ0n) is 17.2. The van der Waals surface area contributed by atoms with Crippen LogP contribution in [0.15, 0.2) is 48.7 Å². The molecule has 2 heterocycles. The predicted molar refractivity (Wildman–Crippen MR) is 118 cm³/mol. The molecule has 1 aliphatic heterocycles. The molecule has 4 rings (SSSR count). The van der Waals surface area contributed by atoms with Crippen LogP contribution in [0.4, 0.5) is 8.78 Å². The molecule has 1 fully saturated rings. The van der Waals surface area contributed by atoms with Crippen LogP contribution in [0, 0.1) is 5.82 Å². The second-order valence-electron chi connectivity index (χ2n) is 7.94. The molecule has 0 spiro atoms. The summed E-state index contributed by atoms with van der Waals surface area (Å²) in [5.41, 5.74) is 8.17. The number of carbonyl (C=O) groups excluding carboxylic acids is 2. The van der Waals surface area contributed by atoms with Crippen molar-refractivity contribution in [3.63, 3.8) is 0 Å². The molecule has 32 heavy (non-hydrogen) atoms. The number of nitrogens with zero attached hydrogens (tertiary/aromatic N) is 1. The van der Waals surface area contributed by atoms with Crippen molar-refractivity contribution in [3.05, 3.63) is 70.6 Å². The van der Waals surface area contributed by atoms with Gasteiger partial charge in [0.1, 0.15) is 18.0 Å². The number of H-pyrrole nitrogens is 1. The Kier molecular flexibility index (Phi) is 6.43. The summed E-state index contributed by atoms with van der Waals surface area (Å²) in [7, 11) is 0. The molecule has 3 aromatic rings. The van der Waals surface area contributed by atoms with Gasteiger partial charge in [-0.05, 0) is 24.1 Å². The summed E-state index contributed by atoms with van der Waals surface area (Å²) in [6.07, 6.45) is 0.579. The fourth-order valence-electron chi connectivity index (χ4n) is 4.10. The van der Waals surface area contributed by atoms with E-state index in [4.69, 9.17) is 17.3 Å². The van der Waals surface area contributed by atoms with E-state index in [1.807, 2.05) is 24.3 Å². The molecule has 1 aromatic heterocycles. The van der Waals surface area contributed by atoms with E-state index in [0.29, 0.717) is 0 Å². The Labute approximate surface area is 188 Å². The van der Waals surface area contributed by atoms with Crippen molar-refractivity contribution in [1.82, 2.24) is 15.2 Å². The zero-order chi connectivity index (χ0) is 22.8. The molecule has 168 valence electrons. The van der Waals surface area contributed by atoms with Crippen LogP contribution in [0.5, 0.6) is 0 Å². The van der Waals surface area contributed by atoms with Crippen molar-refractivity contribution in [2.45, 2.75) is 37.6 Å². The smallest absolute Gasteiger partial charge is 0.243 e. The average Bonchev–Trinajstić information content (AvgIpc) is 3.37. The molecule has 0 aliphatic carbocycles. The van der Waals surface area contributed by atoms with Crippen molar-refractivity contribution < 1.29 is 18.4 Å². The van der Waals surface area contributed by atoms with E-state index in [2.05, 4.69) is 10.3 Å². The van der Waals surface area contributed by atoms with Gasteiger partial charge in [-0.3, -0.25) is 9.59 Å². The number of likely N-dealkylation sites (tertiary alicyclic amines) is 1. The number of para-hydroxylation sites is 1. The lowest BCUT2D eigenvalue weighted by atomic mass is 10.0. The molecule has 3 atom stereocenters. The topological polar surface area (TPSA) is 91.2 Å². The number of alkyl halides is 1. The van der Waals surface area contributed by atoms with Gasteiger partial charge in [0, 0.05) is 35.6 Å². The van der Waals surface area contributed by atoms with Crippen molar-refractivity contribution in [2.75, 3.05) is 6.54 Å². The minimum atomic E-state index is -1.34. The molecule has 2 amide bonds. The molecular formula is C23H23ClF2N4O2. The first kappa shape index (κ1) is 22.2. The summed E-state index contributed by atoms with van der Waals surface area (Å²) in [5, 5.41) is 3.48. The van der Waals surface area contributed by atoms with Crippen LogP contribution in [0.25, 0.3) is 10.9 Å². The Hall–Kier alpha value is -2.97. The van der Waals surface area contributed by atoms with E-state index in [1.54, 1.807) is 12.3 Å². The molecular weight excluding hydrogens is 438 g/mol. The monoisotopic (exact) mass is 460 g/mol. The number of amides is 2. The SMILES string of the molecule is N[C@@H](Cc1c[nH]c2ccccc12)C(=O)N1C[C@H](F)C[C@H]1C(=O)NCc1cccc(Cl)c1F. The van der Waals surface area contributed by atoms with Crippen LogP contribution in [-0.4, -0.2) is 46.5 Å². The number of hydrogen-bond acceptors (Lipinski definition) is 3. The van der Waals surface area contributed by atoms with Crippen LogP contribution in [-0.2, 0) is 22.6 Å². The minimum Gasteiger partial charge on any atom is -0.361 e. The van der Waals surface area contributed by atoms with Gasteiger partial charge in [-0.2, -0.15) is 0 Å². The Morgan fingerprint density at radius 1 is 1.22 bits per heavy atom. The van der Waals surface area contributed by atoms with Gasteiger partial charge >= 0.3 is 0 Å². The molecule has 0 bridgehead atoms. The number of aromatic amines is 1. The number of halogens is 3. The largest absolute Gasteiger partial charge is 0.361 e.